The molecule has 1 saturated heterocycles. The molecule has 2 aromatic carbocycles. The van der Waals surface area contributed by atoms with E-state index in [9.17, 15) is 9.59 Å². The number of nitrogens with zero attached hydrogens (tertiary/aromatic N) is 4. The van der Waals surface area contributed by atoms with Crippen LogP contribution in [0.15, 0.2) is 53.5 Å². The zero-order chi connectivity index (χ0) is 24.2. The highest BCUT2D eigenvalue weighted by atomic mass is 16.2. The van der Waals surface area contributed by atoms with E-state index in [0.717, 1.165) is 38.3 Å². The van der Waals surface area contributed by atoms with Gasteiger partial charge in [0.15, 0.2) is 0 Å². The quantitative estimate of drug-likeness (QED) is 0.280. The van der Waals surface area contributed by atoms with E-state index in [2.05, 4.69) is 46.0 Å². The van der Waals surface area contributed by atoms with Crippen molar-refractivity contribution in [1.82, 2.24) is 9.80 Å². The summed E-state index contributed by atoms with van der Waals surface area (Å²) in [4.78, 5) is 37.0. The average Bonchev–Trinajstić information content (AvgIpc) is 3.12. The third-order valence-corrected chi connectivity index (χ3v) is 6.99. The second-order valence-corrected chi connectivity index (χ2v) is 9.30. The van der Waals surface area contributed by atoms with Crippen LogP contribution in [0.3, 0.4) is 0 Å². The zero-order valence-electron chi connectivity index (χ0n) is 20.4. The number of imide groups is 1. The van der Waals surface area contributed by atoms with Crippen LogP contribution in [0, 0.1) is 0 Å². The van der Waals surface area contributed by atoms with Gasteiger partial charge in [0.05, 0.1) is 22.6 Å². The van der Waals surface area contributed by atoms with Gasteiger partial charge in [0.25, 0.3) is 11.8 Å². The number of rotatable bonds is 8. The van der Waals surface area contributed by atoms with E-state index in [1.54, 1.807) is 13.0 Å². The van der Waals surface area contributed by atoms with Crippen molar-refractivity contribution in [3.05, 3.63) is 65.2 Å². The predicted molar refractivity (Wildman–Crippen MR) is 136 cm³/mol. The Morgan fingerprint density at radius 3 is 2.35 bits per heavy atom. The Balaban J connectivity index is 1.45. The van der Waals surface area contributed by atoms with Crippen LogP contribution in [-0.2, 0) is 0 Å². The van der Waals surface area contributed by atoms with Crippen LogP contribution >= 0.6 is 0 Å². The van der Waals surface area contributed by atoms with Crippen LogP contribution in [-0.4, -0.2) is 66.2 Å². The molecule has 0 bridgehead atoms. The normalized spacial score (nSPS) is 18.9. The van der Waals surface area contributed by atoms with Gasteiger partial charge in [-0.05, 0) is 51.3 Å². The molecule has 4 rings (SSSR count). The van der Waals surface area contributed by atoms with Crippen LogP contribution in [0.1, 0.15) is 65.9 Å². The maximum Gasteiger partial charge on any atom is 0.263 e. The van der Waals surface area contributed by atoms with Gasteiger partial charge in [-0.25, -0.2) is 0 Å². The fourth-order valence-corrected chi connectivity index (χ4v) is 5.01. The van der Waals surface area contributed by atoms with Crippen LogP contribution in [0.25, 0.3) is 0 Å². The fraction of sp³-hybridized carbons (Fsp3) is 0.444. The average molecular weight is 462 g/mol. The first kappa shape index (κ1) is 24.0. The molecule has 0 saturated carbocycles. The number of carbonyl (C=O) groups excluding carboxylic acids is 2. The monoisotopic (exact) mass is 461 g/mol. The smallest absolute Gasteiger partial charge is 0.263 e. The van der Waals surface area contributed by atoms with Crippen molar-refractivity contribution in [2.45, 2.75) is 45.7 Å². The molecule has 2 N–H and O–H groups in total. The number of piperazine rings is 1. The molecule has 2 heterocycles. The second-order valence-electron chi connectivity index (χ2n) is 9.30. The first-order chi connectivity index (χ1) is 16.4. The van der Waals surface area contributed by atoms with Crippen molar-refractivity contribution in [2.75, 3.05) is 37.6 Å². The summed E-state index contributed by atoms with van der Waals surface area (Å²) >= 11 is 0. The number of carbonyl (C=O) groups is 2. The molecular weight excluding hydrogens is 426 g/mol. The largest absolute Gasteiger partial charge is 0.388 e. The molecule has 0 spiro atoms. The summed E-state index contributed by atoms with van der Waals surface area (Å²) in [5, 5.41) is 0. The Labute approximate surface area is 202 Å². The summed E-state index contributed by atoms with van der Waals surface area (Å²) in [5.41, 5.74) is 8.86. The Kier molecular flexibility index (Phi) is 7.32. The standard InChI is InChI=1S/C27H35N5O2/c1-19(9-8-14-29-21(3)28)32-26(33)23-12-7-13-24(25(23)27(32)34)31-17-15-30(16-18-31)20(2)22-10-5-4-6-11-22/h4-7,10-13,19-20H,8-9,14-18H2,1-3H3,(H2,28,29)/t19-,20+/m0/s1. The number of hydrogen-bond donors (Lipinski definition) is 1. The number of anilines is 1. The molecule has 0 aromatic heterocycles. The lowest BCUT2D eigenvalue weighted by Crippen LogP contribution is -2.47. The van der Waals surface area contributed by atoms with Gasteiger partial charge in [0.2, 0.25) is 0 Å². The van der Waals surface area contributed by atoms with Crippen LogP contribution in [0.5, 0.6) is 0 Å². The molecule has 0 radical (unpaired) electrons. The number of amides is 2. The first-order valence-corrected chi connectivity index (χ1v) is 12.2. The van der Waals surface area contributed by atoms with E-state index in [-0.39, 0.29) is 17.9 Å². The van der Waals surface area contributed by atoms with Crippen LogP contribution in [0.4, 0.5) is 5.69 Å². The summed E-state index contributed by atoms with van der Waals surface area (Å²) in [7, 11) is 0. The number of fused-ring (bicyclic) bond motifs is 1. The number of hydrogen-bond acceptors (Lipinski definition) is 5. The van der Waals surface area contributed by atoms with Gasteiger partial charge < -0.3 is 10.6 Å². The molecule has 180 valence electrons. The Morgan fingerprint density at radius 1 is 0.971 bits per heavy atom. The molecule has 2 aromatic rings. The molecule has 0 unspecified atom stereocenters. The number of aliphatic imine (C=N–C) groups is 1. The molecule has 34 heavy (non-hydrogen) atoms. The topological polar surface area (TPSA) is 82.2 Å². The van der Waals surface area contributed by atoms with Crippen molar-refractivity contribution < 1.29 is 9.59 Å². The Bertz CT molecular complexity index is 1060. The lowest BCUT2D eigenvalue weighted by Gasteiger charge is -2.39. The highest BCUT2D eigenvalue weighted by Crippen LogP contribution is 2.34. The SMILES string of the molecule is CC(N)=NCCC[C@H](C)N1C(=O)c2cccc(N3CCN([C@H](C)c4ccccc4)CC3)c2C1=O. The third-order valence-electron chi connectivity index (χ3n) is 6.99. The molecule has 7 heteroatoms. The Morgan fingerprint density at radius 2 is 1.68 bits per heavy atom. The first-order valence-electron chi connectivity index (χ1n) is 12.2. The van der Waals surface area contributed by atoms with Crippen molar-refractivity contribution >= 4 is 23.3 Å². The molecule has 7 nitrogen and oxygen atoms in total. The minimum absolute atomic E-state index is 0.179. The summed E-state index contributed by atoms with van der Waals surface area (Å²) in [6.07, 6.45) is 1.48. The van der Waals surface area contributed by atoms with E-state index < -0.39 is 0 Å². The molecule has 2 aliphatic rings. The van der Waals surface area contributed by atoms with Gasteiger partial charge in [-0.2, -0.15) is 0 Å². The van der Waals surface area contributed by atoms with E-state index >= 15 is 0 Å². The second kappa shape index (κ2) is 10.4. The van der Waals surface area contributed by atoms with Crippen LogP contribution in [0.2, 0.25) is 0 Å². The van der Waals surface area contributed by atoms with Crippen LogP contribution < -0.4 is 10.6 Å². The zero-order valence-corrected chi connectivity index (χ0v) is 20.4. The van der Waals surface area contributed by atoms with Crippen molar-refractivity contribution in [3.63, 3.8) is 0 Å². The lowest BCUT2D eigenvalue weighted by atomic mass is 10.0. The van der Waals surface area contributed by atoms with Gasteiger partial charge in [-0.3, -0.25) is 24.4 Å². The maximum absolute atomic E-state index is 13.4. The van der Waals surface area contributed by atoms with Gasteiger partial charge in [0.1, 0.15) is 0 Å². The Hall–Kier alpha value is -3.19. The van der Waals surface area contributed by atoms with Gasteiger partial charge in [0, 0.05) is 44.8 Å². The molecule has 2 aliphatic heterocycles. The summed E-state index contributed by atoms with van der Waals surface area (Å²) in [6, 6.07) is 16.4. The molecule has 1 fully saturated rings. The van der Waals surface area contributed by atoms with E-state index in [0.29, 0.717) is 36.0 Å². The van der Waals surface area contributed by atoms with Gasteiger partial charge >= 0.3 is 0 Å². The lowest BCUT2D eigenvalue weighted by molar-refractivity contribution is 0.0589. The van der Waals surface area contributed by atoms with E-state index in [1.165, 1.54) is 10.5 Å². The van der Waals surface area contributed by atoms with Gasteiger partial charge in [-0.1, -0.05) is 36.4 Å². The van der Waals surface area contributed by atoms with E-state index in [4.69, 9.17) is 5.73 Å². The molecule has 2 amide bonds. The predicted octanol–water partition coefficient (Wildman–Crippen LogP) is 3.71. The highest BCUT2D eigenvalue weighted by molar-refractivity contribution is 6.24. The minimum atomic E-state index is -0.191. The minimum Gasteiger partial charge on any atom is -0.388 e. The van der Waals surface area contributed by atoms with Gasteiger partial charge in [-0.15, -0.1) is 0 Å². The summed E-state index contributed by atoms with van der Waals surface area (Å²) < 4.78 is 0. The number of nitrogens with two attached hydrogens (primary N) is 1. The third kappa shape index (κ3) is 4.85. The van der Waals surface area contributed by atoms with Crippen molar-refractivity contribution in [1.29, 1.82) is 0 Å². The molecule has 2 atom stereocenters. The fourth-order valence-electron chi connectivity index (χ4n) is 5.01. The molecular formula is C27H35N5O2. The number of amidine groups is 1. The van der Waals surface area contributed by atoms with Crippen molar-refractivity contribution in [3.8, 4) is 0 Å². The summed E-state index contributed by atoms with van der Waals surface area (Å²) in [5.74, 6) is 0.183. The van der Waals surface area contributed by atoms with Crippen molar-refractivity contribution in [2.24, 2.45) is 10.7 Å². The number of benzene rings is 2. The maximum atomic E-state index is 13.4. The van der Waals surface area contributed by atoms with E-state index in [1.807, 2.05) is 25.1 Å². The summed E-state index contributed by atoms with van der Waals surface area (Å²) in [6.45, 7) is 10.00. The molecule has 0 aliphatic carbocycles. The highest BCUT2D eigenvalue weighted by Gasteiger charge is 2.41.